The third-order valence-corrected chi connectivity index (χ3v) is 3.74. The lowest BCUT2D eigenvalue weighted by Gasteiger charge is -2.24. The van der Waals surface area contributed by atoms with E-state index in [2.05, 4.69) is 12.2 Å². The Bertz CT molecular complexity index is 179. The van der Waals surface area contributed by atoms with Gasteiger partial charge in [0.2, 0.25) is 0 Å². The fraction of sp³-hybridized carbons (Fsp3) is 1.00. The zero-order chi connectivity index (χ0) is 9.97. The Hall–Kier alpha value is -0.0800. The number of hydrogen-bond acceptors (Lipinski definition) is 2. The summed E-state index contributed by atoms with van der Waals surface area (Å²) in [5.74, 6) is 0.992. The van der Waals surface area contributed by atoms with Crippen LogP contribution in [-0.2, 0) is 0 Å². The van der Waals surface area contributed by atoms with E-state index >= 15 is 0 Å². The van der Waals surface area contributed by atoms with Crippen LogP contribution in [0.5, 0.6) is 0 Å². The predicted molar refractivity (Wildman–Crippen MR) is 58.2 cm³/mol. The highest BCUT2D eigenvalue weighted by Gasteiger charge is 2.29. The average molecular weight is 197 g/mol. The molecule has 2 heteroatoms. The molecule has 0 aliphatic heterocycles. The van der Waals surface area contributed by atoms with Crippen LogP contribution in [0.15, 0.2) is 0 Å². The van der Waals surface area contributed by atoms with Gasteiger partial charge in [-0.2, -0.15) is 0 Å². The summed E-state index contributed by atoms with van der Waals surface area (Å²) in [6.45, 7) is 2.25. The minimum Gasteiger partial charge on any atom is -0.392 e. The first-order valence-corrected chi connectivity index (χ1v) is 6.23. The molecule has 2 N–H and O–H groups in total. The Morgan fingerprint density at radius 3 is 2.57 bits per heavy atom. The minimum atomic E-state index is -0.0803. The van der Waals surface area contributed by atoms with E-state index < -0.39 is 0 Å². The third kappa shape index (κ3) is 2.71. The molecule has 0 aromatic rings. The predicted octanol–water partition coefficient (Wildman–Crippen LogP) is 2.07. The fourth-order valence-corrected chi connectivity index (χ4v) is 2.55. The second-order valence-electron chi connectivity index (χ2n) is 5.06. The maximum Gasteiger partial charge on any atom is 0.0693 e. The molecule has 0 aromatic carbocycles. The van der Waals surface area contributed by atoms with E-state index in [9.17, 15) is 5.11 Å². The first kappa shape index (κ1) is 10.4. The molecule has 3 atom stereocenters. The van der Waals surface area contributed by atoms with Crippen LogP contribution >= 0.6 is 0 Å². The van der Waals surface area contributed by atoms with Gasteiger partial charge >= 0.3 is 0 Å². The van der Waals surface area contributed by atoms with Gasteiger partial charge in [-0.15, -0.1) is 0 Å². The molecule has 2 rings (SSSR count). The molecule has 0 aromatic heterocycles. The van der Waals surface area contributed by atoms with Gasteiger partial charge in [-0.05, 0) is 38.0 Å². The Kier molecular flexibility index (Phi) is 3.45. The maximum absolute atomic E-state index is 9.72. The van der Waals surface area contributed by atoms with Crippen molar-refractivity contribution in [2.24, 2.45) is 5.92 Å². The van der Waals surface area contributed by atoms with E-state index in [1.54, 1.807) is 0 Å². The van der Waals surface area contributed by atoms with Gasteiger partial charge in [-0.1, -0.05) is 19.8 Å². The minimum absolute atomic E-state index is 0.0803. The van der Waals surface area contributed by atoms with Crippen LogP contribution in [0, 0.1) is 5.92 Å². The molecule has 2 aliphatic rings. The van der Waals surface area contributed by atoms with E-state index in [1.807, 2.05) is 0 Å². The van der Waals surface area contributed by atoms with E-state index in [-0.39, 0.29) is 6.10 Å². The fourth-order valence-electron chi connectivity index (χ4n) is 2.55. The van der Waals surface area contributed by atoms with Crippen molar-refractivity contribution in [1.82, 2.24) is 5.32 Å². The largest absolute Gasteiger partial charge is 0.392 e. The second-order valence-corrected chi connectivity index (χ2v) is 5.06. The summed E-state index contributed by atoms with van der Waals surface area (Å²) in [5.41, 5.74) is 0. The van der Waals surface area contributed by atoms with Crippen LogP contribution in [0.4, 0.5) is 0 Å². The molecular formula is C12H23NO. The Balaban J connectivity index is 1.74. The highest BCUT2D eigenvalue weighted by atomic mass is 16.3. The molecule has 2 aliphatic carbocycles. The lowest BCUT2D eigenvalue weighted by molar-refractivity contribution is 0.140. The Morgan fingerprint density at radius 1 is 1.29 bits per heavy atom. The summed E-state index contributed by atoms with van der Waals surface area (Å²) >= 11 is 0. The van der Waals surface area contributed by atoms with E-state index in [4.69, 9.17) is 0 Å². The van der Waals surface area contributed by atoms with E-state index in [0.717, 1.165) is 12.3 Å². The number of nitrogens with one attached hydrogen (secondary N) is 1. The van der Waals surface area contributed by atoms with Gasteiger partial charge in [0.25, 0.3) is 0 Å². The van der Waals surface area contributed by atoms with Gasteiger partial charge in [-0.25, -0.2) is 0 Å². The summed E-state index contributed by atoms with van der Waals surface area (Å²) in [4.78, 5) is 0. The molecular weight excluding hydrogens is 174 g/mol. The molecule has 82 valence electrons. The SMILES string of the molecule is CCC(CC1CC1)N[C@H]1CCC[C@@H]1O. The topological polar surface area (TPSA) is 32.3 Å². The first-order valence-electron chi connectivity index (χ1n) is 6.23. The third-order valence-electron chi connectivity index (χ3n) is 3.74. The van der Waals surface area contributed by atoms with Gasteiger partial charge in [0, 0.05) is 12.1 Å². The molecule has 0 radical (unpaired) electrons. The van der Waals surface area contributed by atoms with Crippen molar-refractivity contribution in [3.63, 3.8) is 0 Å². The molecule has 0 bridgehead atoms. The Labute approximate surface area is 87.1 Å². The van der Waals surface area contributed by atoms with Gasteiger partial charge in [0.1, 0.15) is 0 Å². The van der Waals surface area contributed by atoms with Gasteiger partial charge in [0.05, 0.1) is 6.10 Å². The summed E-state index contributed by atoms with van der Waals surface area (Å²) in [6.07, 6.45) is 8.69. The zero-order valence-electron chi connectivity index (χ0n) is 9.21. The van der Waals surface area contributed by atoms with Crippen molar-refractivity contribution in [2.45, 2.75) is 70.1 Å². The molecule has 1 unspecified atom stereocenters. The lowest BCUT2D eigenvalue weighted by atomic mass is 10.1. The quantitative estimate of drug-likeness (QED) is 0.707. The van der Waals surface area contributed by atoms with Crippen LogP contribution in [0.25, 0.3) is 0 Å². The smallest absolute Gasteiger partial charge is 0.0693 e. The number of hydrogen-bond donors (Lipinski definition) is 2. The van der Waals surface area contributed by atoms with Crippen molar-refractivity contribution in [2.75, 3.05) is 0 Å². The molecule has 0 spiro atoms. The van der Waals surface area contributed by atoms with Crippen molar-refractivity contribution >= 4 is 0 Å². The number of aliphatic hydroxyl groups excluding tert-OH is 1. The summed E-state index contributed by atoms with van der Waals surface area (Å²) in [6, 6.07) is 1.04. The van der Waals surface area contributed by atoms with Crippen molar-refractivity contribution in [1.29, 1.82) is 0 Å². The summed E-state index contributed by atoms with van der Waals surface area (Å²) in [5, 5.41) is 13.4. The van der Waals surface area contributed by atoms with Gasteiger partial charge in [-0.3, -0.25) is 0 Å². The molecule has 2 fully saturated rings. The maximum atomic E-state index is 9.72. The van der Waals surface area contributed by atoms with Crippen molar-refractivity contribution in [3.05, 3.63) is 0 Å². The molecule has 0 saturated heterocycles. The molecule has 2 saturated carbocycles. The lowest BCUT2D eigenvalue weighted by Crippen LogP contribution is -2.42. The van der Waals surface area contributed by atoms with Crippen LogP contribution in [-0.4, -0.2) is 23.3 Å². The van der Waals surface area contributed by atoms with Crippen molar-refractivity contribution in [3.8, 4) is 0 Å². The van der Waals surface area contributed by atoms with Gasteiger partial charge in [0.15, 0.2) is 0 Å². The standard InChI is InChI=1S/C12H23NO/c1-2-10(8-9-6-7-9)13-11-4-3-5-12(11)14/h9-14H,2-8H2,1H3/t10?,11-,12-/m0/s1. The average Bonchev–Trinajstić information content (AvgIpc) is 2.90. The first-order chi connectivity index (χ1) is 6.79. The highest BCUT2D eigenvalue weighted by molar-refractivity contribution is 4.87. The second kappa shape index (κ2) is 4.63. The highest BCUT2D eigenvalue weighted by Crippen LogP contribution is 2.34. The van der Waals surface area contributed by atoms with E-state index in [0.29, 0.717) is 12.1 Å². The van der Waals surface area contributed by atoms with Crippen molar-refractivity contribution < 1.29 is 5.11 Å². The Morgan fingerprint density at radius 2 is 2.07 bits per heavy atom. The summed E-state index contributed by atoms with van der Waals surface area (Å²) in [7, 11) is 0. The van der Waals surface area contributed by atoms with Crippen LogP contribution in [0.2, 0.25) is 0 Å². The van der Waals surface area contributed by atoms with Crippen LogP contribution < -0.4 is 5.32 Å². The van der Waals surface area contributed by atoms with E-state index in [1.165, 1.54) is 38.5 Å². The summed E-state index contributed by atoms with van der Waals surface area (Å²) < 4.78 is 0. The normalized spacial score (nSPS) is 34.7. The molecule has 0 heterocycles. The van der Waals surface area contributed by atoms with Crippen LogP contribution in [0.3, 0.4) is 0 Å². The number of aliphatic hydroxyl groups is 1. The van der Waals surface area contributed by atoms with Gasteiger partial charge < -0.3 is 10.4 Å². The molecule has 2 nitrogen and oxygen atoms in total. The molecule has 14 heavy (non-hydrogen) atoms. The zero-order valence-corrected chi connectivity index (χ0v) is 9.21. The van der Waals surface area contributed by atoms with Crippen LogP contribution in [0.1, 0.15) is 51.9 Å². The monoisotopic (exact) mass is 197 g/mol. The number of rotatable bonds is 5. The molecule has 0 amide bonds.